The van der Waals surface area contributed by atoms with Crippen LogP contribution in [-0.4, -0.2) is 24.7 Å². The molecule has 0 saturated carbocycles. The third kappa shape index (κ3) is 3.53. The molecule has 21 heavy (non-hydrogen) atoms. The van der Waals surface area contributed by atoms with Crippen LogP contribution in [0.1, 0.15) is 9.67 Å². The molecule has 0 aliphatic rings. The fraction of sp³-hybridized carbons (Fsp3) is 0.143. The minimum absolute atomic E-state index is 0.242. The Bertz CT molecular complexity index is 712. The third-order valence-corrected chi connectivity index (χ3v) is 4.58. The van der Waals surface area contributed by atoms with E-state index in [0.29, 0.717) is 16.4 Å². The van der Waals surface area contributed by atoms with E-state index < -0.39 is 0 Å². The van der Waals surface area contributed by atoms with Crippen LogP contribution in [0, 0.1) is 0 Å². The molecule has 1 heterocycles. The van der Waals surface area contributed by atoms with Gasteiger partial charge in [0.2, 0.25) is 0 Å². The summed E-state index contributed by atoms with van der Waals surface area (Å²) in [5.41, 5.74) is 0. The summed E-state index contributed by atoms with van der Waals surface area (Å²) in [6, 6.07) is 5.48. The predicted molar refractivity (Wildman–Crippen MR) is 91.7 cm³/mol. The fourth-order valence-corrected chi connectivity index (χ4v) is 3.30. The third-order valence-electron chi connectivity index (χ3n) is 2.68. The second kappa shape index (κ2) is 6.89. The molecule has 2 rings (SSSR count). The molecule has 1 amide bonds. The Hall–Kier alpha value is -1.63. The number of benzene rings is 1. The quantitative estimate of drug-likeness (QED) is 0.662. The molecule has 1 aromatic heterocycles. The molecule has 0 aliphatic heterocycles. The van der Waals surface area contributed by atoms with Crippen molar-refractivity contribution in [3.8, 4) is 5.75 Å². The Morgan fingerprint density at radius 1 is 1.57 bits per heavy atom. The number of hydrogen-bond acceptors (Lipinski definition) is 4. The molecule has 0 fully saturated rings. The second-order valence-electron chi connectivity index (χ2n) is 4.06. The molecule has 0 atom stereocenters. The number of carbonyl (C=O) groups is 1. The lowest BCUT2D eigenvalue weighted by molar-refractivity contribution is 0.0981. The lowest BCUT2D eigenvalue weighted by Crippen LogP contribution is -2.39. The number of thiocarbonyl (C=S) groups is 1. The normalized spacial score (nSPS) is 10.2. The van der Waals surface area contributed by atoms with Crippen LogP contribution in [0.15, 0.2) is 30.9 Å². The monoisotopic (exact) mass is 340 g/mol. The smallest absolute Gasteiger partial charge is 0.269 e. The molecule has 0 unspecified atom stereocenters. The molecule has 0 radical (unpaired) electrons. The van der Waals surface area contributed by atoms with Gasteiger partial charge < -0.3 is 10.1 Å². The zero-order valence-corrected chi connectivity index (χ0v) is 13.6. The van der Waals surface area contributed by atoms with Gasteiger partial charge in [0.15, 0.2) is 5.11 Å². The number of fused-ring (bicyclic) bond motifs is 1. The molecular formula is C14H13ClN2O2S2. The maximum Gasteiger partial charge on any atom is 0.269 e. The largest absolute Gasteiger partial charge is 0.497 e. The van der Waals surface area contributed by atoms with Crippen LogP contribution in [0.2, 0.25) is 5.02 Å². The summed E-state index contributed by atoms with van der Waals surface area (Å²) in [4.78, 5) is 12.6. The first-order valence-corrected chi connectivity index (χ1v) is 7.63. The summed E-state index contributed by atoms with van der Waals surface area (Å²) in [5.74, 6) is 0.386. The van der Waals surface area contributed by atoms with Gasteiger partial charge in [0.25, 0.3) is 5.91 Å². The molecule has 110 valence electrons. The minimum atomic E-state index is -0.332. The fourth-order valence-electron chi connectivity index (χ4n) is 1.69. The van der Waals surface area contributed by atoms with Gasteiger partial charge in [0, 0.05) is 16.6 Å². The van der Waals surface area contributed by atoms with Crippen molar-refractivity contribution >= 4 is 56.3 Å². The van der Waals surface area contributed by atoms with Gasteiger partial charge in [0.05, 0.1) is 12.1 Å². The topological polar surface area (TPSA) is 50.4 Å². The zero-order valence-electron chi connectivity index (χ0n) is 11.2. The molecule has 2 N–H and O–H groups in total. The van der Waals surface area contributed by atoms with Crippen molar-refractivity contribution in [1.82, 2.24) is 10.6 Å². The van der Waals surface area contributed by atoms with Crippen LogP contribution in [0.25, 0.3) is 10.1 Å². The molecule has 0 bridgehead atoms. The summed E-state index contributed by atoms with van der Waals surface area (Å²) >= 11 is 12.6. The zero-order chi connectivity index (χ0) is 15.4. The van der Waals surface area contributed by atoms with Crippen molar-refractivity contribution in [2.24, 2.45) is 0 Å². The molecule has 2 aromatic rings. The highest BCUT2D eigenvalue weighted by Crippen LogP contribution is 2.37. The maximum atomic E-state index is 12.2. The average Bonchev–Trinajstić information content (AvgIpc) is 2.81. The van der Waals surface area contributed by atoms with Crippen LogP contribution in [0.5, 0.6) is 5.75 Å². The first-order valence-electron chi connectivity index (χ1n) is 6.03. The van der Waals surface area contributed by atoms with Gasteiger partial charge in [-0.05, 0) is 30.4 Å². The Kier molecular flexibility index (Phi) is 5.17. The van der Waals surface area contributed by atoms with Gasteiger partial charge >= 0.3 is 0 Å². The molecule has 0 saturated heterocycles. The predicted octanol–water partition coefficient (Wildman–Crippen LogP) is 3.35. The molecule has 4 nitrogen and oxygen atoms in total. The number of rotatable bonds is 4. The highest BCUT2D eigenvalue weighted by molar-refractivity contribution is 7.80. The summed E-state index contributed by atoms with van der Waals surface area (Å²) in [6.45, 7) is 4.05. The van der Waals surface area contributed by atoms with Gasteiger partial charge in [-0.25, -0.2) is 0 Å². The highest BCUT2D eigenvalue weighted by Gasteiger charge is 2.18. The standard InChI is InChI=1S/C14H13ClN2O2S2/c1-3-6-16-14(20)17-13(18)12-11(15)9-5-4-8(19-2)7-10(9)21-12/h3-5,7H,1,6H2,2H3,(H2,16,17,18,20). The van der Waals surface area contributed by atoms with Crippen molar-refractivity contribution in [2.45, 2.75) is 0 Å². The van der Waals surface area contributed by atoms with Crippen LogP contribution in [0.4, 0.5) is 0 Å². The minimum Gasteiger partial charge on any atom is -0.497 e. The van der Waals surface area contributed by atoms with Crippen molar-refractivity contribution in [2.75, 3.05) is 13.7 Å². The van der Waals surface area contributed by atoms with Crippen LogP contribution < -0.4 is 15.4 Å². The lowest BCUT2D eigenvalue weighted by Gasteiger charge is -2.06. The number of ether oxygens (including phenoxy) is 1. The van der Waals surface area contributed by atoms with E-state index in [4.69, 9.17) is 28.6 Å². The number of carbonyl (C=O) groups excluding carboxylic acids is 1. The number of hydrogen-bond donors (Lipinski definition) is 2. The first kappa shape index (κ1) is 15.8. The highest BCUT2D eigenvalue weighted by atomic mass is 35.5. The number of nitrogens with one attached hydrogen (secondary N) is 2. The lowest BCUT2D eigenvalue weighted by atomic mass is 10.2. The Morgan fingerprint density at radius 2 is 2.33 bits per heavy atom. The van der Waals surface area contributed by atoms with Crippen molar-refractivity contribution in [3.63, 3.8) is 0 Å². The van der Waals surface area contributed by atoms with E-state index in [2.05, 4.69) is 17.2 Å². The number of amides is 1. The van der Waals surface area contributed by atoms with Gasteiger partial charge in [-0.3, -0.25) is 10.1 Å². The van der Waals surface area contributed by atoms with Gasteiger partial charge in [-0.15, -0.1) is 17.9 Å². The summed E-state index contributed by atoms with van der Waals surface area (Å²) in [5, 5.41) is 6.89. The SMILES string of the molecule is C=CCNC(=S)NC(=O)c1sc2cc(OC)ccc2c1Cl. The van der Waals surface area contributed by atoms with E-state index in [9.17, 15) is 4.79 Å². The molecular weight excluding hydrogens is 328 g/mol. The Labute approximate surface area is 136 Å². The summed E-state index contributed by atoms with van der Waals surface area (Å²) in [6.07, 6.45) is 1.65. The average molecular weight is 341 g/mol. The Balaban J connectivity index is 2.25. The molecule has 1 aromatic carbocycles. The van der Waals surface area contributed by atoms with Crippen LogP contribution >= 0.6 is 35.2 Å². The second-order valence-corrected chi connectivity index (χ2v) is 5.90. The number of methoxy groups -OCH3 is 1. The van der Waals surface area contributed by atoms with Crippen molar-refractivity contribution in [1.29, 1.82) is 0 Å². The summed E-state index contributed by atoms with van der Waals surface area (Å²) < 4.78 is 6.05. The first-order chi connectivity index (χ1) is 10.1. The Morgan fingerprint density at radius 3 is 3.00 bits per heavy atom. The van der Waals surface area contributed by atoms with Crippen LogP contribution in [-0.2, 0) is 0 Å². The van der Waals surface area contributed by atoms with Crippen molar-refractivity contribution in [3.05, 3.63) is 40.8 Å². The van der Waals surface area contributed by atoms with Gasteiger partial charge in [0.1, 0.15) is 10.6 Å². The van der Waals surface area contributed by atoms with E-state index in [1.165, 1.54) is 11.3 Å². The number of halogens is 1. The van der Waals surface area contributed by atoms with Crippen LogP contribution in [0.3, 0.4) is 0 Å². The van der Waals surface area contributed by atoms with E-state index in [1.807, 2.05) is 12.1 Å². The molecule has 0 aliphatic carbocycles. The summed E-state index contributed by atoms with van der Waals surface area (Å²) in [7, 11) is 1.59. The molecule has 0 spiro atoms. The molecule has 7 heteroatoms. The van der Waals surface area contributed by atoms with Gasteiger partial charge in [-0.2, -0.15) is 0 Å². The number of thiophene rings is 1. The van der Waals surface area contributed by atoms with Gasteiger partial charge in [-0.1, -0.05) is 17.7 Å². The maximum absolute atomic E-state index is 12.2. The van der Waals surface area contributed by atoms with E-state index in [1.54, 1.807) is 19.3 Å². The van der Waals surface area contributed by atoms with E-state index >= 15 is 0 Å². The van der Waals surface area contributed by atoms with E-state index in [0.717, 1.165) is 15.8 Å². The van der Waals surface area contributed by atoms with E-state index in [-0.39, 0.29) is 11.0 Å². The van der Waals surface area contributed by atoms with Crippen molar-refractivity contribution < 1.29 is 9.53 Å².